The highest BCUT2D eigenvalue weighted by atomic mass is 32.2. The van der Waals surface area contributed by atoms with Crippen LogP contribution in [0.15, 0.2) is 65.0 Å². The molecule has 4 rings (SSSR count). The van der Waals surface area contributed by atoms with Gasteiger partial charge in [-0.1, -0.05) is 6.07 Å². The highest BCUT2D eigenvalue weighted by Gasteiger charge is 2.28. The minimum atomic E-state index is -3.86. The molecule has 1 saturated carbocycles. The maximum Gasteiger partial charge on any atom is 0.240 e. The Morgan fingerprint density at radius 3 is 2.31 bits per heavy atom. The van der Waals surface area contributed by atoms with Gasteiger partial charge in [0, 0.05) is 24.3 Å². The first-order valence-electron chi connectivity index (χ1n) is 8.76. The quantitative estimate of drug-likeness (QED) is 0.529. The Morgan fingerprint density at radius 1 is 1.00 bits per heavy atom. The summed E-state index contributed by atoms with van der Waals surface area (Å²) < 4.78 is 56.2. The van der Waals surface area contributed by atoms with E-state index in [1.165, 1.54) is 41.6 Å². The lowest BCUT2D eigenvalue weighted by atomic mass is 10.2. The van der Waals surface area contributed by atoms with E-state index >= 15 is 0 Å². The number of benzene rings is 1. The van der Waals surface area contributed by atoms with E-state index in [1.54, 1.807) is 18.3 Å². The van der Waals surface area contributed by atoms with Crippen LogP contribution in [0.3, 0.4) is 0 Å². The molecule has 1 aliphatic rings. The van der Waals surface area contributed by atoms with Crippen molar-refractivity contribution in [3.8, 4) is 5.82 Å². The second kappa shape index (κ2) is 7.63. The van der Waals surface area contributed by atoms with E-state index < -0.39 is 20.0 Å². The number of hydrogen-bond donors (Lipinski definition) is 2. The first-order chi connectivity index (χ1) is 13.9. The van der Waals surface area contributed by atoms with Crippen LogP contribution in [0.2, 0.25) is 0 Å². The Balaban J connectivity index is 1.50. The zero-order valence-corrected chi connectivity index (χ0v) is 16.8. The number of pyridine rings is 1. The van der Waals surface area contributed by atoms with E-state index in [4.69, 9.17) is 0 Å². The highest BCUT2D eigenvalue weighted by molar-refractivity contribution is 7.90. The van der Waals surface area contributed by atoms with Crippen LogP contribution in [0, 0.1) is 0 Å². The fourth-order valence-corrected chi connectivity index (χ4v) is 4.95. The van der Waals surface area contributed by atoms with Gasteiger partial charge in [-0.3, -0.25) is 0 Å². The van der Waals surface area contributed by atoms with Crippen molar-refractivity contribution in [2.75, 3.05) is 0 Å². The Bertz CT molecular complexity index is 1210. The third-order valence-corrected chi connectivity index (χ3v) is 7.25. The number of nitrogens with zero attached hydrogens (tertiary/aromatic N) is 4. The van der Waals surface area contributed by atoms with Crippen molar-refractivity contribution in [1.82, 2.24) is 29.2 Å². The van der Waals surface area contributed by atoms with Crippen LogP contribution in [-0.2, 0) is 26.6 Å². The Kier molecular flexibility index (Phi) is 5.17. The molecule has 0 aliphatic heterocycles. The largest absolute Gasteiger partial charge is 0.240 e. The van der Waals surface area contributed by atoms with E-state index in [0.29, 0.717) is 11.4 Å². The van der Waals surface area contributed by atoms with Gasteiger partial charge >= 0.3 is 0 Å². The molecular weight excluding hydrogens is 416 g/mol. The van der Waals surface area contributed by atoms with Crippen molar-refractivity contribution in [2.24, 2.45) is 0 Å². The van der Waals surface area contributed by atoms with E-state index in [1.807, 2.05) is 0 Å². The number of hydrogen-bond acceptors (Lipinski definition) is 7. The smallest absolute Gasteiger partial charge is 0.237 e. The molecule has 0 bridgehead atoms. The van der Waals surface area contributed by atoms with Crippen LogP contribution >= 0.6 is 0 Å². The van der Waals surface area contributed by atoms with Gasteiger partial charge < -0.3 is 0 Å². The molecule has 2 aromatic heterocycles. The topological polar surface area (TPSA) is 136 Å². The minimum Gasteiger partial charge on any atom is -0.237 e. The summed E-state index contributed by atoms with van der Waals surface area (Å²) in [6, 6.07) is 8.50. The lowest BCUT2D eigenvalue weighted by molar-refractivity contribution is 0.577. The van der Waals surface area contributed by atoms with Crippen molar-refractivity contribution in [1.29, 1.82) is 0 Å². The van der Waals surface area contributed by atoms with Crippen LogP contribution in [0.1, 0.15) is 18.4 Å². The molecule has 10 nitrogen and oxygen atoms in total. The molecule has 3 aromatic rings. The van der Waals surface area contributed by atoms with Crippen molar-refractivity contribution in [2.45, 2.75) is 35.2 Å². The van der Waals surface area contributed by atoms with Crippen molar-refractivity contribution < 1.29 is 16.8 Å². The van der Waals surface area contributed by atoms with Gasteiger partial charge in [-0.2, -0.15) is 5.10 Å². The van der Waals surface area contributed by atoms with Crippen LogP contribution in [0.5, 0.6) is 0 Å². The van der Waals surface area contributed by atoms with Gasteiger partial charge in [0.1, 0.15) is 12.7 Å². The van der Waals surface area contributed by atoms with Crippen LogP contribution in [-0.4, -0.2) is 42.6 Å². The van der Waals surface area contributed by atoms with Gasteiger partial charge in [0.05, 0.1) is 9.79 Å². The lowest BCUT2D eigenvalue weighted by Gasteiger charge is -2.11. The molecule has 1 aliphatic carbocycles. The summed E-state index contributed by atoms with van der Waals surface area (Å²) in [5.41, 5.74) is 0.606. The van der Waals surface area contributed by atoms with E-state index in [9.17, 15) is 16.8 Å². The molecule has 2 heterocycles. The lowest BCUT2D eigenvalue weighted by Crippen LogP contribution is -2.26. The molecule has 0 radical (unpaired) electrons. The molecule has 1 fully saturated rings. The zero-order chi connectivity index (χ0) is 20.5. The maximum atomic E-state index is 12.6. The van der Waals surface area contributed by atoms with Gasteiger partial charge in [-0.05, 0) is 43.2 Å². The van der Waals surface area contributed by atoms with E-state index in [2.05, 4.69) is 24.5 Å². The first-order valence-corrected chi connectivity index (χ1v) is 11.7. The van der Waals surface area contributed by atoms with Gasteiger partial charge in [0.25, 0.3) is 0 Å². The van der Waals surface area contributed by atoms with Gasteiger partial charge in [-0.25, -0.2) is 40.9 Å². The molecule has 0 atom stereocenters. The number of sulfonamides is 2. The molecule has 0 spiro atoms. The predicted octanol–water partition coefficient (Wildman–Crippen LogP) is 0.581. The summed E-state index contributed by atoms with van der Waals surface area (Å²) in [7, 11) is -7.49. The highest BCUT2D eigenvalue weighted by Crippen LogP contribution is 2.23. The molecule has 29 heavy (non-hydrogen) atoms. The van der Waals surface area contributed by atoms with E-state index in [-0.39, 0.29) is 22.4 Å². The average molecular weight is 435 g/mol. The molecule has 12 heteroatoms. The third kappa shape index (κ3) is 4.50. The van der Waals surface area contributed by atoms with Gasteiger partial charge in [-0.15, -0.1) is 0 Å². The molecule has 152 valence electrons. The average Bonchev–Trinajstić information content (AvgIpc) is 3.34. The van der Waals surface area contributed by atoms with Crippen molar-refractivity contribution in [3.05, 3.63) is 60.8 Å². The van der Waals surface area contributed by atoms with Crippen LogP contribution in [0.4, 0.5) is 0 Å². The van der Waals surface area contributed by atoms with Crippen molar-refractivity contribution in [3.63, 3.8) is 0 Å². The first kappa shape index (κ1) is 19.6. The minimum absolute atomic E-state index is 0.0192. The summed E-state index contributed by atoms with van der Waals surface area (Å²) in [5.74, 6) is 0.459. The summed E-state index contributed by atoms with van der Waals surface area (Å²) in [6.45, 7) is -0.0192. The zero-order valence-electron chi connectivity index (χ0n) is 15.1. The van der Waals surface area contributed by atoms with Crippen molar-refractivity contribution >= 4 is 20.0 Å². The summed E-state index contributed by atoms with van der Waals surface area (Å²) in [4.78, 5) is 8.08. The molecule has 0 saturated heterocycles. The predicted molar refractivity (Wildman–Crippen MR) is 103 cm³/mol. The van der Waals surface area contributed by atoms with Crippen LogP contribution < -0.4 is 9.44 Å². The molecule has 0 unspecified atom stereocenters. The fraction of sp³-hybridized carbons (Fsp3) is 0.235. The monoisotopic (exact) mass is 434 g/mol. The van der Waals surface area contributed by atoms with E-state index in [0.717, 1.165) is 12.8 Å². The summed E-state index contributed by atoms with van der Waals surface area (Å²) >= 11 is 0. The Labute approximate surface area is 168 Å². The van der Waals surface area contributed by atoms with Crippen LogP contribution in [0.25, 0.3) is 5.82 Å². The number of rotatable bonds is 8. The second-order valence-corrected chi connectivity index (χ2v) is 10.00. The summed E-state index contributed by atoms with van der Waals surface area (Å²) in [5, 5.41) is 4.01. The maximum absolute atomic E-state index is 12.6. The fourth-order valence-electron chi connectivity index (χ4n) is 2.63. The molecule has 1 aromatic carbocycles. The second-order valence-electron chi connectivity index (χ2n) is 6.52. The molecular formula is C17H18N6O4S2. The van der Waals surface area contributed by atoms with Gasteiger partial charge in [0.2, 0.25) is 20.0 Å². The standard InChI is InChI=1S/C17H18N6O4S2/c24-28(25,15-5-7-16(8-6-15)29(26,27)22-14-3-4-14)21-10-13-2-1-9-19-17(13)23-12-18-11-20-23/h1-2,5-9,11-12,14,21-22H,3-4,10H2. The normalized spacial score (nSPS) is 14.8. The number of nitrogens with one attached hydrogen (secondary N) is 2. The number of aromatic nitrogens is 4. The van der Waals surface area contributed by atoms with Gasteiger partial charge in [0.15, 0.2) is 5.82 Å². The Hall–Kier alpha value is -2.67. The summed E-state index contributed by atoms with van der Waals surface area (Å²) in [6.07, 6.45) is 6.04. The third-order valence-electron chi connectivity index (χ3n) is 4.30. The molecule has 2 N–H and O–H groups in total. The molecule has 0 amide bonds. The Morgan fingerprint density at radius 2 is 1.69 bits per heavy atom. The SMILES string of the molecule is O=S(=O)(NCc1cccnc1-n1cncn1)c1ccc(S(=O)(=O)NC2CC2)cc1.